The molecule has 1 N–H and O–H groups in total. The highest BCUT2D eigenvalue weighted by molar-refractivity contribution is 6.31. The fourth-order valence-electron chi connectivity index (χ4n) is 3.53. The van der Waals surface area contributed by atoms with E-state index < -0.39 is 0 Å². The Morgan fingerprint density at radius 3 is 2.44 bits per heavy atom. The molecule has 1 amide bonds. The first-order valence-electron chi connectivity index (χ1n) is 8.85. The number of amides is 1. The van der Waals surface area contributed by atoms with Gasteiger partial charge in [0.05, 0.1) is 7.11 Å². The van der Waals surface area contributed by atoms with Crippen LogP contribution in [-0.4, -0.2) is 19.6 Å². The van der Waals surface area contributed by atoms with Gasteiger partial charge in [0, 0.05) is 23.0 Å². The second kappa shape index (κ2) is 8.39. The van der Waals surface area contributed by atoms with E-state index in [1.54, 1.807) is 18.2 Å². The monoisotopic (exact) mass is 357 g/mol. The van der Waals surface area contributed by atoms with Crippen molar-refractivity contribution < 1.29 is 9.53 Å². The fraction of sp³-hybridized carbons (Fsp3) is 0.381. The van der Waals surface area contributed by atoms with Crippen LogP contribution < -0.4 is 10.1 Å². The lowest BCUT2D eigenvalue weighted by atomic mass is 9.97. The van der Waals surface area contributed by atoms with Gasteiger partial charge in [-0.3, -0.25) is 4.79 Å². The Morgan fingerprint density at radius 2 is 1.84 bits per heavy atom. The van der Waals surface area contributed by atoms with E-state index in [9.17, 15) is 4.79 Å². The molecule has 2 aromatic carbocycles. The lowest BCUT2D eigenvalue weighted by molar-refractivity contribution is -0.122. The summed E-state index contributed by atoms with van der Waals surface area (Å²) in [6, 6.07) is 14.3. The number of halogens is 1. The maximum Gasteiger partial charge on any atom is 0.223 e. The van der Waals surface area contributed by atoms with Gasteiger partial charge in [-0.05, 0) is 55.4 Å². The SMILES string of the molecule is COc1cccc(Cl)c1CC1CCNC1=O.c1ccc2c(c1)CCC2. The zero-order valence-corrected chi connectivity index (χ0v) is 15.3. The predicted molar refractivity (Wildman–Crippen MR) is 101 cm³/mol. The molecule has 4 rings (SSSR count). The van der Waals surface area contributed by atoms with Gasteiger partial charge in [-0.25, -0.2) is 0 Å². The summed E-state index contributed by atoms with van der Waals surface area (Å²) in [6.07, 6.45) is 5.48. The predicted octanol–water partition coefficient (Wildman–Crippen LogP) is 4.20. The molecular weight excluding hydrogens is 334 g/mol. The summed E-state index contributed by atoms with van der Waals surface area (Å²) in [5.41, 5.74) is 4.06. The van der Waals surface area contributed by atoms with Crippen LogP contribution in [0.25, 0.3) is 0 Å². The highest BCUT2D eigenvalue weighted by Crippen LogP contribution is 2.30. The van der Waals surface area contributed by atoms with Gasteiger partial charge in [0.15, 0.2) is 0 Å². The molecule has 0 spiro atoms. The number of methoxy groups -OCH3 is 1. The summed E-state index contributed by atoms with van der Waals surface area (Å²) in [6.45, 7) is 0.760. The number of hydrogen-bond donors (Lipinski definition) is 1. The molecule has 25 heavy (non-hydrogen) atoms. The van der Waals surface area contributed by atoms with E-state index >= 15 is 0 Å². The van der Waals surface area contributed by atoms with Crippen LogP contribution >= 0.6 is 11.6 Å². The van der Waals surface area contributed by atoms with Crippen LogP contribution in [0, 0.1) is 5.92 Å². The molecule has 1 saturated heterocycles. The van der Waals surface area contributed by atoms with E-state index in [0.29, 0.717) is 11.4 Å². The van der Waals surface area contributed by atoms with Crippen LogP contribution in [0.15, 0.2) is 42.5 Å². The summed E-state index contributed by atoms with van der Waals surface area (Å²) in [5.74, 6) is 0.892. The van der Waals surface area contributed by atoms with Crippen LogP contribution in [0.2, 0.25) is 5.02 Å². The van der Waals surface area contributed by atoms with Gasteiger partial charge in [0.2, 0.25) is 5.91 Å². The van der Waals surface area contributed by atoms with Crippen molar-refractivity contribution in [3.63, 3.8) is 0 Å². The first-order valence-corrected chi connectivity index (χ1v) is 9.22. The van der Waals surface area contributed by atoms with E-state index in [-0.39, 0.29) is 11.8 Å². The van der Waals surface area contributed by atoms with Crippen LogP contribution in [0.4, 0.5) is 0 Å². The van der Waals surface area contributed by atoms with Gasteiger partial charge in [0.25, 0.3) is 0 Å². The second-order valence-electron chi connectivity index (χ2n) is 6.52. The Labute approximate surface area is 154 Å². The molecule has 0 saturated carbocycles. The summed E-state index contributed by atoms with van der Waals surface area (Å²) < 4.78 is 5.26. The van der Waals surface area contributed by atoms with Gasteiger partial charge < -0.3 is 10.1 Å². The number of nitrogens with one attached hydrogen (secondary N) is 1. The molecule has 3 nitrogen and oxygen atoms in total. The number of benzene rings is 2. The number of rotatable bonds is 3. The molecule has 0 bridgehead atoms. The molecule has 1 aliphatic heterocycles. The van der Waals surface area contributed by atoms with Crippen molar-refractivity contribution in [1.82, 2.24) is 5.32 Å². The van der Waals surface area contributed by atoms with Gasteiger partial charge in [-0.2, -0.15) is 0 Å². The molecule has 4 heteroatoms. The van der Waals surface area contributed by atoms with E-state index in [0.717, 1.165) is 24.3 Å². The smallest absolute Gasteiger partial charge is 0.223 e. The van der Waals surface area contributed by atoms with E-state index in [4.69, 9.17) is 16.3 Å². The van der Waals surface area contributed by atoms with Crippen molar-refractivity contribution in [2.45, 2.75) is 32.1 Å². The van der Waals surface area contributed by atoms with Gasteiger partial charge in [-0.1, -0.05) is 41.9 Å². The molecule has 2 aromatic rings. The quantitative estimate of drug-likeness (QED) is 0.893. The minimum Gasteiger partial charge on any atom is -0.496 e. The summed E-state index contributed by atoms with van der Waals surface area (Å²) in [4.78, 5) is 11.5. The third-order valence-corrected chi connectivity index (χ3v) is 5.27. The molecule has 1 fully saturated rings. The fourth-order valence-corrected chi connectivity index (χ4v) is 3.77. The summed E-state index contributed by atoms with van der Waals surface area (Å²) in [7, 11) is 1.61. The normalized spacial score (nSPS) is 18.2. The first-order chi connectivity index (χ1) is 12.2. The minimum absolute atomic E-state index is 0.0220. The molecule has 132 valence electrons. The second-order valence-corrected chi connectivity index (χ2v) is 6.93. The van der Waals surface area contributed by atoms with Crippen LogP contribution in [0.5, 0.6) is 5.75 Å². The topological polar surface area (TPSA) is 38.3 Å². The van der Waals surface area contributed by atoms with Crippen LogP contribution in [-0.2, 0) is 24.1 Å². The van der Waals surface area contributed by atoms with Crippen LogP contribution in [0.3, 0.4) is 0 Å². The Bertz CT molecular complexity index is 721. The van der Waals surface area contributed by atoms with Crippen molar-refractivity contribution in [2.24, 2.45) is 5.92 Å². The number of carbonyl (C=O) groups is 1. The Morgan fingerprint density at radius 1 is 1.12 bits per heavy atom. The standard InChI is InChI=1S/C12H14ClNO2.C9H10/c1-16-11-4-2-3-10(13)9(11)7-8-5-6-14-12(8)15;1-2-5-9-7-3-6-8(9)4-1/h2-4,8H,5-7H2,1H3,(H,14,15);1-2,4-5H,3,6-7H2. The van der Waals surface area contributed by atoms with E-state index in [1.165, 1.54) is 19.3 Å². The number of fused-ring (bicyclic) bond motifs is 1. The zero-order chi connectivity index (χ0) is 17.6. The lowest BCUT2D eigenvalue weighted by Gasteiger charge is -2.12. The average Bonchev–Trinajstić information content (AvgIpc) is 3.26. The van der Waals surface area contributed by atoms with Gasteiger partial charge >= 0.3 is 0 Å². The maximum atomic E-state index is 11.5. The molecule has 0 radical (unpaired) electrons. The minimum atomic E-state index is 0.0220. The zero-order valence-electron chi connectivity index (χ0n) is 14.6. The lowest BCUT2D eigenvalue weighted by Crippen LogP contribution is -2.20. The highest BCUT2D eigenvalue weighted by Gasteiger charge is 2.26. The first kappa shape index (κ1) is 17.8. The number of hydrogen-bond acceptors (Lipinski definition) is 2. The van der Waals surface area contributed by atoms with E-state index in [1.807, 2.05) is 18.2 Å². The molecule has 1 aliphatic carbocycles. The molecular formula is C21H24ClNO2. The van der Waals surface area contributed by atoms with Crippen molar-refractivity contribution in [3.05, 3.63) is 64.2 Å². The van der Waals surface area contributed by atoms with Crippen molar-refractivity contribution in [1.29, 1.82) is 0 Å². The van der Waals surface area contributed by atoms with Crippen molar-refractivity contribution in [3.8, 4) is 5.75 Å². The number of ether oxygens (including phenoxy) is 1. The summed E-state index contributed by atoms with van der Waals surface area (Å²) >= 11 is 6.12. The van der Waals surface area contributed by atoms with Gasteiger partial charge in [0.1, 0.15) is 5.75 Å². The Kier molecular flexibility index (Phi) is 5.98. The third-order valence-electron chi connectivity index (χ3n) is 4.92. The number of aryl methyl sites for hydroxylation is 2. The van der Waals surface area contributed by atoms with Crippen LogP contribution in [0.1, 0.15) is 29.5 Å². The maximum absolute atomic E-state index is 11.5. The van der Waals surface area contributed by atoms with E-state index in [2.05, 4.69) is 29.6 Å². The molecule has 1 heterocycles. The van der Waals surface area contributed by atoms with Gasteiger partial charge in [-0.15, -0.1) is 0 Å². The largest absolute Gasteiger partial charge is 0.496 e. The highest BCUT2D eigenvalue weighted by atomic mass is 35.5. The third kappa shape index (κ3) is 4.35. The molecule has 1 atom stereocenters. The Hall–Kier alpha value is -2.00. The van der Waals surface area contributed by atoms with Crippen molar-refractivity contribution >= 4 is 17.5 Å². The Balaban J connectivity index is 0.000000170. The number of carbonyl (C=O) groups excluding carboxylic acids is 1. The van der Waals surface area contributed by atoms with Crippen molar-refractivity contribution in [2.75, 3.05) is 13.7 Å². The molecule has 0 aromatic heterocycles. The summed E-state index contributed by atoms with van der Waals surface area (Å²) in [5, 5.41) is 3.49. The average molecular weight is 358 g/mol. The molecule has 1 unspecified atom stereocenters. The molecule has 2 aliphatic rings.